The lowest BCUT2D eigenvalue weighted by Crippen LogP contribution is -2.44. The summed E-state index contributed by atoms with van der Waals surface area (Å²) in [6.45, 7) is 0.854. The summed E-state index contributed by atoms with van der Waals surface area (Å²) in [6, 6.07) is 0.503. The van der Waals surface area contributed by atoms with E-state index in [0.29, 0.717) is 25.2 Å². The molecule has 5 atom stereocenters. The highest BCUT2D eigenvalue weighted by atomic mass is 32.2. The Morgan fingerprint density at radius 2 is 1.88 bits per heavy atom. The molecule has 0 radical (unpaired) electrons. The molecule has 1 aromatic carbocycles. The van der Waals surface area contributed by atoms with Crippen LogP contribution >= 0.6 is 0 Å². The van der Waals surface area contributed by atoms with E-state index in [4.69, 9.17) is 18.9 Å². The number of benzene rings is 1. The first kappa shape index (κ1) is 26.9. The third-order valence-corrected chi connectivity index (χ3v) is 9.02. The Morgan fingerprint density at radius 3 is 2.62 bits per heavy atom. The average Bonchev–Trinajstić information content (AvgIpc) is 3.65. The molecule has 2 aromatic rings. The lowest BCUT2D eigenvalue weighted by Gasteiger charge is -2.23. The van der Waals surface area contributed by atoms with Crippen LogP contribution in [0.2, 0.25) is 0 Å². The normalized spacial score (nSPS) is 28.6. The third kappa shape index (κ3) is 4.67. The molecule has 2 N–H and O–H groups in total. The van der Waals surface area contributed by atoms with Crippen molar-refractivity contribution in [2.24, 2.45) is 18.9 Å². The summed E-state index contributed by atoms with van der Waals surface area (Å²) >= 11 is 0. The van der Waals surface area contributed by atoms with Gasteiger partial charge in [-0.05, 0) is 6.42 Å². The number of rotatable bonds is 3. The number of carbonyl (C=O) groups excluding carboxylic acids is 2. The second kappa shape index (κ2) is 9.94. The topological polar surface area (TPSA) is 137 Å². The highest BCUT2D eigenvalue weighted by molar-refractivity contribution is 7.89. The number of ether oxygens (including phenoxy) is 4. The Bertz CT molecular complexity index is 1460. The molecule has 0 aliphatic carbocycles. The molecule has 40 heavy (non-hydrogen) atoms. The average molecular weight is 587 g/mol. The van der Waals surface area contributed by atoms with Gasteiger partial charge in [0.15, 0.2) is 35.2 Å². The number of amides is 2. The van der Waals surface area contributed by atoms with Crippen molar-refractivity contribution in [1.29, 1.82) is 0 Å². The van der Waals surface area contributed by atoms with Crippen molar-refractivity contribution in [3.63, 3.8) is 0 Å². The number of hydrogen-bond donors (Lipinski definition) is 2. The minimum atomic E-state index is -4.23. The van der Waals surface area contributed by atoms with Crippen LogP contribution in [0.4, 0.5) is 23.7 Å². The van der Waals surface area contributed by atoms with Crippen LogP contribution in [0.5, 0.6) is 5.75 Å². The van der Waals surface area contributed by atoms with Crippen molar-refractivity contribution >= 4 is 27.7 Å². The maximum Gasteiger partial charge on any atom is 0.410 e. The van der Waals surface area contributed by atoms with Crippen LogP contribution in [0, 0.1) is 29.3 Å². The summed E-state index contributed by atoms with van der Waals surface area (Å²) < 4.78 is 93.4. The number of nitrogens with one attached hydrogen (secondary N) is 2. The van der Waals surface area contributed by atoms with Gasteiger partial charge in [-0.1, -0.05) is 0 Å². The van der Waals surface area contributed by atoms with Gasteiger partial charge in [0.1, 0.15) is 11.0 Å². The minimum absolute atomic E-state index is 0.0431. The summed E-state index contributed by atoms with van der Waals surface area (Å²) in [4.78, 5) is 27.0. The van der Waals surface area contributed by atoms with Crippen molar-refractivity contribution in [3.05, 3.63) is 41.5 Å². The van der Waals surface area contributed by atoms with Crippen molar-refractivity contribution in [2.45, 2.75) is 29.8 Å². The molecule has 0 bridgehead atoms. The number of carbonyl (C=O) groups is 2. The zero-order chi connectivity index (χ0) is 28.3. The van der Waals surface area contributed by atoms with Crippen molar-refractivity contribution in [2.75, 3.05) is 38.2 Å². The van der Waals surface area contributed by atoms with E-state index in [1.54, 1.807) is 0 Å². The predicted molar refractivity (Wildman–Crippen MR) is 128 cm³/mol. The molecule has 6 rings (SSSR count). The van der Waals surface area contributed by atoms with Gasteiger partial charge in [-0.2, -0.15) is 0 Å². The number of likely N-dealkylation sites (tertiary alicyclic amines) is 1. The van der Waals surface area contributed by atoms with E-state index in [9.17, 15) is 31.2 Å². The SMILES string of the molecule is Cn1cc2c(c1C(=O)Nc1cc(F)c(F)c(F)c1)OCC1CN(C(=O)O[C@H]3CO[C@H]4OCCC43)CC1NS2(=O)=O. The summed E-state index contributed by atoms with van der Waals surface area (Å²) in [5, 5.41) is 2.24. The summed E-state index contributed by atoms with van der Waals surface area (Å²) in [5.74, 6) is -6.45. The molecule has 5 heterocycles. The van der Waals surface area contributed by atoms with Crippen molar-refractivity contribution in [1.82, 2.24) is 14.2 Å². The molecule has 0 spiro atoms. The molecule has 3 fully saturated rings. The Labute approximate surface area is 226 Å². The molecule has 3 unspecified atom stereocenters. The number of nitrogens with zero attached hydrogens (tertiary/aromatic N) is 2. The third-order valence-electron chi connectivity index (χ3n) is 7.53. The number of fused-ring (bicyclic) bond motifs is 3. The van der Waals surface area contributed by atoms with E-state index in [1.165, 1.54) is 22.7 Å². The van der Waals surface area contributed by atoms with Crippen molar-refractivity contribution in [3.8, 4) is 5.75 Å². The van der Waals surface area contributed by atoms with Crippen molar-refractivity contribution < 1.29 is 50.1 Å². The predicted octanol–water partition coefficient (Wildman–Crippen LogP) is 1.56. The Kier molecular flexibility index (Phi) is 6.67. The second-order valence-corrected chi connectivity index (χ2v) is 11.8. The van der Waals surface area contributed by atoms with Crippen LogP contribution < -0.4 is 14.8 Å². The quantitative estimate of drug-likeness (QED) is 0.518. The number of sulfonamides is 1. The van der Waals surface area contributed by atoms with Crippen LogP contribution in [0.1, 0.15) is 16.9 Å². The largest absolute Gasteiger partial charge is 0.489 e. The molecular weight excluding hydrogens is 561 g/mol. The summed E-state index contributed by atoms with van der Waals surface area (Å²) in [5.41, 5.74) is -0.621. The molecule has 216 valence electrons. The maximum atomic E-state index is 13.6. The molecule has 2 amide bonds. The van der Waals surface area contributed by atoms with E-state index >= 15 is 0 Å². The molecule has 0 saturated carbocycles. The van der Waals surface area contributed by atoms with Gasteiger partial charge < -0.3 is 33.7 Å². The van der Waals surface area contributed by atoms with Gasteiger partial charge in [0.25, 0.3) is 5.91 Å². The summed E-state index contributed by atoms with van der Waals surface area (Å²) in [7, 11) is -2.83. The van der Waals surface area contributed by atoms with Crippen LogP contribution in [0.3, 0.4) is 0 Å². The molecule has 3 saturated heterocycles. The lowest BCUT2D eigenvalue weighted by atomic mass is 10.0. The lowest BCUT2D eigenvalue weighted by molar-refractivity contribution is -0.0907. The number of anilines is 1. The molecule has 1 aromatic heterocycles. The molecule has 4 aliphatic rings. The van der Waals surface area contributed by atoms with Gasteiger partial charge in [0.2, 0.25) is 10.0 Å². The van der Waals surface area contributed by atoms with E-state index in [1.807, 2.05) is 0 Å². The fraction of sp³-hybridized carbons (Fsp3) is 0.500. The van der Waals surface area contributed by atoms with Gasteiger partial charge in [-0.3, -0.25) is 4.79 Å². The van der Waals surface area contributed by atoms with Crippen LogP contribution in [0.25, 0.3) is 0 Å². The number of halogens is 3. The van der Waals surface area contributed by atoms with Crippen LogP contribution in [-0.4, -0.2) is 81.2 Å². The van der Waals surface area contributed by atoms with E-state index < -0.39 is 63.8 Å². The van der Waals surface area contributed by atoms with Gasteiger partial charge in [-0.15, -0.1) is 0 Å². The fourth-order valence-corrected chi connectivity index (χ4v) is 7.00. The highest BCUT2D eigenvalue weighted by Gasteiger charge is 2.47. The summed E-state index contributed by atoms with van der Waals surface area (Å²) in [6.07, 6.45) is 0.415. The first-order chi connectivity index (χ1) is 19.0. The monoisotopic (exact) mass is 586 g/mol. The molecular formula is C24H25F3N4O8S. The first-order valence-electron chi connectivity index (χ1n) is 12.5. The minimum Gasteiger partial charge on any atom is -0.489 e. The highest BCUT2D eigenvalue weighted by Crippen LogP contribution is 2.36. The number of aryl methyl sites for hydroxylation is 1. The molecule has 12 nitrogen and oxygen atoms in total. The second-order valence-electron chi connectivity index (χ2n) is 10.1. The van der Waals surface area contributed by atoms with E-state index in [-0.39, 0.29) is 54.2 Å². The molecule has 4 aliphatic heterocycles. The van der Waals surface area contributed by atoms with E-state index in [2.05, 4.69) is 10.0 Å². The zero-order valence-electron chi connectivity index (χ0n) is 21.1. The Balaban J connectivity index is 1.19. The van der Waals surface area contributed by atoms with Crippen LogP contribution in [0.15, 0.2) is 23.2 Å². The van der Waals surface area contributed by atoms with E-state index in [0.717, 1.165) is 0 Å². The number of hydrogen-bond acceptors (Lipinski definition) is 8. The zero-order valence-corrected chi connectivity index (χ0v) is 21.9. The van der Waals surface area contributed by atoms with Gasteiger partial charge in [0.05, 0.1) is 25.7 Å². The smallest absolute Gasteiger partial charge is 0.410 e. The van der Waals surface area contributed by atoms with Gasteiger partial charge in [0, 0.05) is 56.1 Å². The first-order valence-corrected chi connectivity index (χ1v) is 14.0. The van der Waals surface area contributed by atoms with Gasteiger partial charge >= 0.3 is 6.09 Å². The molecule has 16 heteroatoms. The van der Waals surface area contributed by atoms with Crippen LogP contribution in [-0.2, 0) is 31.3 Å². The van der Waals surface area contributed by atoms with Gasteiger partial charge in [-0.25, -0.2) is 31.1 Å². The Hall–Kier alpha value is -3.34. The fourth-order valence-electron chi connectivity index (χ4n) is 5.52. The Morgan fingerprint density at radius 1 is 1.12 bits per heavy atom. The maximum absolute atomic E-state index is 13.6. The number of aromatic nitrogens is 1. The standard InChI is InChI=1S/C24H25F3N4O8S/c1-30-8-18-21(20(30)22(32)28-12-4-14(25)19(27)15(26)5-12)37-9-11-6-31(7-16(11)29-40(18,34)35)24(33)39-17-10-38-23-13(17)2-3-36-23/h4-5,8,11,13,16-17,23,29H,2-3,6-7,9-10H2,1H3,(H,28,32)/t11?,13?,16?,17-,23+/m0/s1.